The molecule has 0 bridgehead atoms. The minimum atomic E-state index is -0.0573. The van der Waals surface area contributed by atoms with Crippen molar-refractivity contribution in [2.75, 3.05) is 26.2 Å². The molecular formula is C15H23N5O. The van der Waals surface area contributed by atoms with Crippen molar-refractivity contribution in [2.24, 2.45) is 5.92 Å². The molecule has 2 rings (SSSR count). The highest BCUT2D eigenvalue weighted by atomic mass is 16.2. The summed E-state index contributed by atoms with van der Waals surface area (Å²) in [6.07, 6.45) is 3.54. The molecule has 1 atom stereocenters. The van der Waals surface area contributed by atoms with Gasteiger partial charge in [-0.2, -0.15) is 5.26 Å². The first-order chi connectivity index (χ1) is 10.0. The minimum absolute atomic E-state index is 0.0573. The molecule has 0 N–H and O–H groups in total. The Bertz CT molecular complexity index is 522. The quantitative estimate of drug-likeness (QED) is 0.825. The van der Waals surface area contributed by atoms with Crippen LogP contribution in [0.5, 0.6) is 0 Å². The van der Waals surface area contributed by atoms with Crippen LogP contribution in [0.4, 0.5) is 0 Å². The predicted molar refractivity (Wildman–Crippen MR) is 79.4 cm³/mol. The molecule has 1 aromatic rings. The fourth-order valence-electron chi connectivity index (χ4n) is 2.72. The summed E-state index contributed by atoms with van der Waals surface area (Å²) in [5.74, 6) is 1.28. The van der Waals surface area contributed by atoms with Crippen LogP contribution in [0.2, 0.25) is 0 Å². The molecule has 0 spiro atoms. The molecular weight excluding hydrogens is 266 g/mol. The van der Waals surface area contributed by atoms with Crippen LogP contribution in [0.3, 0.4) is 0 Å². The van der Waals surface area contributed by atoms with Crippen LogP contribution < -0.4 is 0 Å². The third-order valence-electron chi connectivity index (χ3n) is 4.05. The molecule has 114 valence electrons. The molecule has 1 saturated heterocycles. The van der Waals surface area contributed by atoms with Crippen LogP contribution in [-0.2, 0) is 11.3 Å². The minimum Gasteiger partial charge on any atom is -0.339 e. The van der Waals surface area contributed by atoms with Crippen LogP contribution in [-0.4, -0.2) is 57.5 Å². The van der Waals surface area contributed by atoms with Gasteiger partial charge in [0.15, 0.2) is 0 Å². The van der Waals surface area contributed by atoms with Gasteiger partial charge >= 0.3 is 0 Å². The van der Waals surface area contributed by atoms with Gasteiger partial charge in [-0.25, -0.2) is 4.98 Å². The SMILES string of the molecule is Cc1nccn1CC(=O)N1CCN([C@@H](C#N)C(C)C)CC1. The zero-order valence-electron chi connectivity index (χ0n) is 13.0. The van der Waals surface area contributed by atoms with Crippen molar-refractivity contribution in [1.29, 1.82) is 5.26 Å². The van der Waals surface area contributed by atoms with Crippen molar-refractivity contribution in [3.63, 3.8) is 0 Å². The zero-order valence-corrected chi connectivity index (χ0v) is 13.0. The monoisotopic (exact) mass is 289 g/mol. The second-order valence-electron chi connectivity index (χ2n) is 5.84. The summed E-state index contributed by atoms with van der Waals surface area (Å²) >= 11 is 0. The Kier molecular flexibility index (Phi) is 4.97. The van der Waals surface area contributed by atoms with Gasteiger partial charge in [0.2, 0.25) is 5.91 Å². The van der Waals surface area contributed by atoms with Crippen LogP contribution in [0, 0.1) is 24.2 Å². The van der Waals surface area contributed by atoms with E-state index in [9.17, 15) is 10.1 Å². The maximum Gasteiger partial charge on any atom is 0.242 e. The molecule has 0 unspecified atom stereocenters. The number of carbonyl (C=O) groups excluding carboxylic acids is 1. The average molecular weight is 289 g/mol. The summed E-state index contributed by atoms with van der Waals surface area (Å²) in [4.78, 5) is 20.5. The molecule has 6 nitrogen and oxygen atoms in total. The van der Waals surface area contributed by atoms with E-state index >= 15 is 0 Å². The largest absolute Gasteiger partial charge is 0.339 e. The molecule has 6 heteroatoms. The highest BCUT2D eigenvalue weighted by molar-refractivity contribution is 5.76. The molecule has 1 aromatic heterocycles. The summed E-state index contributed by atoms with van der Waals surface area (Å²) in [7, 11) is 0. The molecule has 0 aliphatic carbocycles. The van der Waals surface area contributed by atoms with Gasteiger partial charge in [0, 0.05) is 38.6 Å². The van der Waals surface area contributed by atoms with E-state index in [1.807, 2.05) is 22.6 Å². The number of aromatic nitrogens is 2. The van der Waals surface area contributed by atoms with Crippen LogP contribution >= 0.6 is 0 Å². The number of hydrogen-bond donors (Lipinski definition) is 0. The predicted octanol–water partition coefficient (Wildman–Crippen LogP) is 0.884. The topological polar surface area (TPSA) is 65.2 Å². The number of nitriles is 1. The summed E-state index contributed by atoms with van der Waals surface area (Å²) < 4.78 is 1.86. The highest BCUT2D eigenvalue weighted by Crippen LogP contribution is 2.13. The lowest BCUT2D eigenvalue weighted by molar-refractivity contribution is -0.133. The first-order valence-electron chi connectivity index (χ1n) is 7.42. The molecule has 0 radical (unpaired) electrons. The normalized spacial score (nSPS) is 17.8. The number of amides is 1. The van der Waals surface area contributed by atoms with Gasteiger partial charge in [-0.3, -0.25) is 9.69 Å². The Balaban J connectivity index is 1.88. The highest BCUT2D eigenvalue weighted by Gasteiger charge is 2.27. The van der Waals surface area contributed by atoms with Gasteiger partial charge in [-0.05, 0) is 12.8 Å². The van der Waals surface area contributed by atoms with E-state index < -0.39 is 0 Å². The second kappa shape index (κ2) is 6.72. The molecule has 0 saturated carbocycles. The smallest absolute Gasteiger partial charge is 0.242 e. The van der Waals surface area contributed by atoms with Crippen molar-refractivity contribution >= 4 is 5.91 Å². The lowest BCUT2D eigenvalue weighted by atomic mass is 10.0. The van der Waals surface area contributed by atoms with Crippen molar-refractivity contribution in [3.05, 3.63) is 18.2 Å². The van der Waals surface area contributed by atoms with Crippen molar-refractivity contribution in [3.8, 4) is 6.07 Å². The lowest BCUT2D eigenvalue weighted by Gasteiger charge is -2.38. The van der Waals surface area contributed by atoms with E-state index in [1.54, 1.807) is 6.20 Å². The molecule has 0 aromatic carbocycles. The van der Waals surface area contributed by atoms with Crippen LogP contribution in [0.15, 0.2) is 12.4 Å². The number of carbonyl (C=O) groups is 1. The summed E-state index contributed by atoms with van der Waals surface area (Å²) in [6.45, 7) is 9.29. The summed E-state index contributed by atoms with van der Waals surface area (Å²) in [5.41, 5.74) is 0. The van der Waals surface area contributed by atoms with Crippen LogP contribution in [0.1, 0.15) is 19.7 Å². The van der Waals surface area contributed by atoms with Gasteiger partial charge < -0.3 is 9.47 Å². The van der Waals surface area contributed by atoms with Gasteiger partial charge in [0.1, 0.15) is 18.4 Å². The number of rotatable bonds is 4. The van der Waals surface area contributed by atoms with E-state index in [-0.39, 0.29) is 11.9 Å². The Morgan fingerprint density at radius 1 is 1.38 bits per heavy atom. The summed E-state index contributed by atoms with van der Waals surface area (Å²) in [6, 6.07) is 2.31. The molecule has 1 aliphatic heterocycles. The van der Waals surface area contributed by atoms with E-state index in [1.165, 1.54) is 0 Å². The number of nitrogens with zero attached hydrogens (tertiary/aromatic N) is 5. The lowest BCUT2D eigenvalue weighted by Crippen LogP contribution is -2.53. The van der Waals surface area contributed by atoms with E-state index in [2.05, 4.69) is 29.8 Å². The molecule has 1 aliphatic rings. The Labute approximate surface area is 126 Å². The number of aryl methyl sites for hydroxylation is 1. The molecule has 2 heterocycles. The van der Waals surface area contributed by atoms with E-state index in [4.69, 9.17) is 0 Å². The van der Waals surface area contributed by atoms with Crippen molar-refractivity contribution in [1.82, 2.24) is 19.4 Å². The third-order valence-corrected chi connectivity index (χ3v) is 4.05. The maximum absolute atomic E-state index is 12.3. The number of hydrogen-bond acceptors (Lipinski definition) is 4. The molecule has 1 amide bonds. The summed E-state index contributed by atoms with van der Waals surface area (Å²) in [5, 5.41) is 9.24. The third kappa shape index (κ3) is 3.61. The van der Waals surface area contributed by atoms with Crippen LogP contribution in [0.25, 0.3) is 0 Å². The Morgan fingerprint density at radius 3 is 2.52 bits per heavy atom. The first-order valence-corrected chi connectivity index (χ1v) is 7.42. The van der Waals surface area contributed by atoms with Crippen molar-refractivity contribution in [2.45, 2.75) is 33.4 Å². The fourth-order valence-corrected chi connectivity index (χ4v) is 2.72. The van der Waals surface area contributed by atoms with E-state index in [0.717, 1.165) is 18.9 Å². The van der Waals surface area contributed by atoms with Gasteiger partial charge in [0.25, 0.3) is 0 Å². The van der Waals surface area contributed by atoms with Gasteiger partial charge in [0.05, 0.1) is 6.07 Å². The second-order valence-corrected chi connectivity index (χ2v) is 5.84. The Hall–Kier alpha value is -1.87. The van der Waals surface area contributed by atoms with Gasteiger partial charge in [-0.15, -0.1) is 0 Å². The number of imidazole rings is 1. The van der Waals surface area contributed by atoms with Crippen molar-refractivity contribution < 1.29 is 4.79 Å². The standard InChI is InChI=1S/C15H23N5O/c1-12(2)14(10-16)18-6-8-19(9-7-18)15(21)11-20-5-4-17-13(20)3/h4-5,12,14H,6-9,11H2,1-3H3/t14-/m0/s1. The maximum atomic E-state index is 12.3. The number of piperazine rings is 1. The zero-order chi connectivity index (χ0) is 15.4. The Morgan fingerprint density at radius 2 is 2.05 bits per heavy atom. The molecule has 1 fully saturated rings. The molecule has 21 heavy (non-hydrogen) atoms. The fraction of sp³-hybridized carbons (Fsp3) is 0.667. The van der Waals surface area contributed by atoms with E-state index in [0.29, 0.717) is 25.6 Å². The van der Waals surface area contributed by atoms with Gasteiger partial charge in [-0.1, -0.05) is 13.8 Å². The first kappa shape index (κ1) is 15.5. The average Bonchev–Trinajstić information content (AvgIpc) is 2.85.